The summed E-state index contributed by atoms with van der Waals surface area (Å²) in [5, 5.41) is 5.81. The van der Waals surface area contributed by atoms with E-state index in [1.807, 2.05) is 17.7 Å². The molecule has 2 heterocycles. The van der Waals surface area contributed by atoms with Crippen molar-refractivity contribution in [1.82, 2.24) is 5.43 Å². The molecule has 0 fully saturated rings. The number of hydrazone groups is 1. The lowest BCUT2D eigenvalue weighted by atomic mass is 10.2. The van der Waals surface area contributed by atoms with E-state index in [1.165, 1.54) is 4.88 Å². The van der Waals surface area contributed by atoms with Gasteiger partial charge in [0.2, 0.25) is 0 Å². The van der Waals surface area contributed by atoms with Crippen LogP contribution in [0.5, 0.6) is 0 Å². The van der Waals surface area contributed by atoms with Gasteiger partial charge in [-0.05, 0) is 11.4 Å². The Balaban J connectivity index is 2.19. The van der Waals surface area contributed by atoms with Crippen molar-refractivity contribution >= 4 is 23.2 Å². The Morgan fingerprint density at radius 2 is 2.67 bits per heavy atom. The minimum absolute atomic E-state index is 0.297. The van der Waals surface area contributed by atoms with Crippen molar-refractivity contribution in [2.75, 3.05) is 0 Å². The molecule has 3 nitrogen and oxygen atoms in total. The van der Waals surface area contributed by atoms with Crippen molar-refractivity contribution in [2.45, 2.75) is 12.5 Å². The Morgan fingerprint density at radius 1 is 1.75 bits per heavy atom. The van der Waals surface area contributed by atoms with Gasteiger partial charge in [-0.25, -0.2) is 4.85 Å². The lowest BCUT2D eigenvalue weighted by Crippen LogP contribution is -2.07. The first-order valence-corrected chi connectivity index (χ1v) is 4.51. The summed E-state index contributed by atoms with van der Waals surface area (Å²) in [4.78, 5) is 4.55. The van der Waals surface area contributed by atoms with Gasteiger partial charge in [0.05, 0.1) is 12.6 Å². The SMILES string of the molecule is [C-]#[N+]c1csc(C2CC=NN2)c1. The van der Waals surface area contributed by atoms with Gasteiger partial charge in [0.15, 0.2) is 5.69 Å². The van der Waals surface area contributed by atoms with E-state index >= 15 is 0 Å². The minimum Gasteiger partial charge on any atom is -0.302 e. The highest BCUT2D eigenvalue weighted by Crippen LogP contribution is 2.29. The van der Waals surface area contributed by atoms with E-state index in [9.17, 15) is 0 Å². The average molecular weight is 177 g/mol. The summed E-state index contributed by atoms with van der Waals surface area (Å²) >= 11 is 1.62. The zero-order valence-electron chi connectivity index (χ0n) is 6.32. The highest BCUT2D eigenvalue weighted by Gasteiger charge is 2.14. The van der Waals surface area contributed by atoms with E-state index in [0.29, 0.717) is 6.04 Å². The molecule has 1 N–H and O–H groups in total. The van der Waals surface area contributed by atoms with Gasteiger partial charge in [-0.1, -0.05) is 0 Å². The predicted octanol–water partition coefficient (Wildman–Crippen LogP) is 2.32. The van der Waals surface area contributed by atoms with Gasteiger partial charge in [-0.15, -0.1) is 0 Å². The average Bonchev–Trinajstić information content (AvgIpc) is 2.75. The predicted molar refractivity (Wildman–Crippen MR) is 49.6 cm³/mol. The largest absolute Gasteiger partial charge is 0.302 e. The molecule has 0 bridgehead atoms. The van der Waals surface area contributed by atoms with Crippen LogP contribution in [0.3, 0.4) is 0 Å². The fourth-order valence-electron chi connectivity index (χ4n) is 1.12. The summed E-state index contributed by atoms with van der Waals surface area (Å²) in [6, 6.07) is 2.22. The second-order valence-electron chi connectivity index (χ2n) is 2.55. The molecule has 1 unspecified atom stereocenters. The molecule has 0 saturated carbocycles. The Kier molecular flexibility index (Phi) is 1.80. The molecule has 1 aliphatic rings. The molecule has 1 aromatic heterocycles. The van der Waals surface area contributed by atoms with Crippen LogP contribution in [0.15, 0.2) is 16.5 Å². The molecule has 12 heavy (non-hydrogen) atoms. The van der Waals surface area contributed by atoms with Crippen LogP contribution < -0.4 is 5.43 Å². The van der Waals surface area contributed by atoms with Crippen LogP contribution in [0.4, 0.5) is 5.69 Å². The first kappa shape index (κ1) is 7.32. The van der Waals surface area contributed by atoms with E-state index in [1.54, 1.807) is 11.3 Å². The Morgan fingerprint density at radius 3 is 3.25 bits per heavy atom. The molecular formula is C8H7N3S. The topological polar surface area (TPSA) is 28.8 Å². The summed E-state index contributed by atoms with van der Waals surface area (Å²) in [6.07, 6.45) is 2.79. The maximum atomic E-state index is 6.81. The van der Waals surface area contributed by atoms with Gasteiger partial charge in [0.25, 0.3) is 0 Å². The third-order valence-electron chi connectivity index (χ3n) is 1.74. The molecule has 1 atom stereocenters. The third-order valence-corrected chi connectivity index (χ3v) is 2.78. The number of rotatable bonds is 1. The summed E-state index contributed by atoms with van der Waals surface area (Å²) in [6.45, 7) is 6.81. The van der Waals surface area contributed by atoms with Crippen molar-refractivity contribution in [3.63, 3.8) is 0 Å². The fraction of sp³-hybridized carbons (Fsp3) is 0.250. The van der Waals surface area contributed by atoms with Gasteiger partial charge >= 0.3 is 0 Å². The van der Waals surface area contributed by atoms with Crippen molar-refractivity contribution < 1.29 is 0 Å². The number of hydrogen-bond acceptors (Lipinski definition) is 3. The molecule has 0 saturated heterocycles. The van der Waals surface area contributed by atoms with Gasteiger partial charge in [-0.2, -0.15) is 16.4 Å². The molecular weight excluding hydrogens is 170 g/mol. The Hall–Kier alpha value is -1.34. The summed E-state index contributed by atoms with van der Waals surface area (Å²) in [7, 11) is 0. The van der Waals surface area contributed by atoms with Crippen molar-refractivity contribution in [1.29, 1.82) is 0 Å². The molecule has 0 aromatic carbocycles. The fourth-order valence-corrected chi connectivity index (χ4v) is 2.00. The van der Waals surface area contributed by atoms with Crippen LogP contribution in [0.1, 0.15) is 17.3 Å². The van der Waals surface area contributed by atoms with E-state index in [4.69, 9.17) is 6.57 Å². The number of hydrogen-bond donors (Lipinski definition) is 1. The summed E-state index contributed by atoms with van der Waals surface area (Å²) in [5.41, 5.74) is 3.71. The van der Waals surface area contributed by atoms with Crippen LogP contribution in [0.2, 0.25) is 0 Å². The van der Waals surface area contributed by atoms with Gasteiger partial charge in [0, 0.05) is 17.5 Å². The third kappa shape index (κ3) is 1.19. The maximum Gasteiger partial charge on any atom is 0.198 e. The Labute approximate surface area is 74.5 Å². The van der Waals surface area contributed by atoms with Crippen LogP contribution in [0.25, 0.3) is 4.85 Å². The molecule has 2 rings (SSSR count). The number of nitrogens with zero attached hydrogens (tertiary/aromatic N) is 2. The van der Waals surface area contributed by atoms with Gasteiger partial charge in [-0.3, -0.25) is 0 Å². The van der Waals surface area contributed by atoms with Crippen molar-refractivity contribution in [3.8, 4) is 0 Å². The lowest BCUT2D eigenvalue weighted by Gasteiger charge is -2.04. The molecule has 0 spiro atoms. The van der Waals surface area contributed by atoms with Crippen LogP contribution in [-0.4, -0.2) is 6.21 Å². The molecule has 4 heteroatoms. The molecule has 1 aromatic rings. The lowest BCUT2D eigenvalue weighted by molar-refractivity contribution is 0.631. The summed E-state index contributed by atoms with van der Waals surface area (Å²) < 4.78 is 0. The Bertz CT molecular complexity index is 339. The van der Waals surface area contributed by atoms with E-state index < -0.39 is 0 Å². The van der Waals surface area contributed by atoms with Crippen molar-refractivity contribution in [3.05, 3.63) is 27.7 Å². The number of nitrogens with one attached hydrogen (secondary N) is 1. The first-order chi connectivity index (χ1) is 5.90. The standard InChI is InChI=1S/C8H7N3S/c1-9-6-4-8(12-5-6)7-2-3-10-11-7/h3-5,7,11H,2H2. The summed E-state index contributed by atoms with van der Waals surface area (Å²) in [5.74, 6) is 0. The highest BCUT2D eigenvalue weighted by atomic mass is 32.1. The monoisotopic (exact) mass is 177 g/mol. The van der Waals surface area contributed by atoms with Gasteiger partial charge in [0.1, 0.15) is 0 Å². The second-order valence-corrected chi connectivity index (χ2v) is 3.49. The van der Waals surface area contributed by atoms with Crippen molar-refractivity contribution in [2.24, 2.45) is 5.10 Å². The highest BCUT2D eigenvalue weighted by molar-refractivity contribution is 7.10. The minimum atomic E-state index is 0.297. The van der Waals surface area contributed by atoms with Crippen LogP contribution in [-0.2, 0) is 0 Å². The smallest absolute Gasteiger partial charge is 0.198 e. The van der Waals surface area contributed by atoms with Crippen LogP contribution >= 0.6 is 11.3 Å². The zero-order valence-corrected chi connectivity index (χ0v) is 7.14. The molecule has 0 aliphatic carbocycles. The normalized spacial score (nSPS) is 20.4. The van der Waals surface area contributed by atoms with E-state index in [2.05, 4.69) is 15.4 Å². The van der Waals surface area contributed by atoms with E-state index in [0.717, 1.165) is 12.1 Å². The second kappa shape index (κ2) is 2.95. The van der Waals surface area contributed by atoms with Gasteiger partial charge < -0.3 is 5.43 Å². The van der Waals surface area contributed by atoms with Crippen LogP contribution in [0, 0.1) is 6.57 Å². The molecule has 0 amide bonds. The number of thiophene rings is 1. The zero-order chi connectivity index (χ0) is 8.39. The molecule has 60 valence electrons. The molecule has 1 aliphatic heterocycles. The quantitative estimate of drug-likeness (QED) is 0.655. The van der Waals surface area contributed by atoms with E-state index in [-0.39, 0.29) is 0 Å². The first-order valence-electron chi connectivity index (χ1n) is 3.63. The molecule has 0 radical (unpaired) electrons. The maximum absolute atomic E-state index is 6.81.